The Hall–Kier alpha value is -3.61. The molecule has 0 spiro atoms. The third kappa shape index (κ3) is 5.17. The van der Waals surface area contributed by atoms with Crippen molar-refractivity contribution >= 4 is 29.6 Å². The third-order valence-corrected chi connectivity index (χ3v) is 5.22. The second kappa shape index (κ2) is 9.68. The van der Waals surface area contributed by atoms with Crippen LogP contribution in [-0.2, 0) is 9.59 Å². The highest BCUT2D eigenvalue weighted by molar-refractivity contribution is 6.16. The molecule has 1 fully saturated rings. The van der Waals surface area contributed by atoms with Crippen LogP contribution in [0.25, 0.3) is 6.08 Å². The third-order valence-electron chi connectivity index (χ3n) is 5.22. The van der Waals surface area contributed by atoms with Gasteiger partial charge in [0.15, 0.2) is 0 Å². The highest BCUT2D eigenvalue weighted by atomic mass is 16.5. The molecule has 0 saturated carbocycles. The first-order valence-corrected chi connectivity index (χ1v) is 10.7. The van der Waals surface area contributed by atoms with Crippen LogP contribution in [0, 0.1) is 13.8 Å². The molecule has 0 aliphatic carbocycles. The minimum Gasteiger partial charge on any atom is -0.494 e. The Kier molecular flexibility index (Phi) is 6.98. The van der Waals surface area contributed by atoms with Crippen LogP contribution in [0.15, 0.2) is 42.1 Å². The summed E-state index contributed by atoms with van der Waals surface area (Å²) in [6.45, 7) is 10.1. The number of rotatable bonds is 7. The smallest absolute Gasteiger partial charge is 0.329 e. The maximum Gasteiger partial charge on any atom is 0.329 e. The Balaban J connectivity index is 1.78. The minimum atomic E-state index is -0.618. The molecule has 32 heavy (non-hydrogen) atoms. The normalized spacial score (nSPS) is 14.8. The molecule has 1 aliphatic heterocycles. The number of ether oxygens (including phenoxy) is 1. The van der Waals surface area contributed by atoms with Crippen LogP contribution in [0.1, 0.15) is 48.9 Å². The monoisotopic (exact) mass is 435 g/mol. The van der Waals surface area contributed by atoms with Gasteiger partial charge in [0.2, 0.25) is 5.91 Å². The number of benzene rings is 2. The molecule has 1 saturated heterocycles. The number of anilines is 1. The van der Waals surface area contributed by atoms with E-state index in [0.717, 1.165) is 32.9 Å². The van der Waals surface area contributed by atoms with Crippen LogP contribution in [0.5, 0.6) is 5.75 Å². The van der Waals surface area contributed by atoms with Crippen molar-refractivity contribution in [3.63, 3.8) is 0 Å². The predicted octanol–water partition coefficient (Wildman–Crippen LogP) is 4.36. The fraction of sp³-hybridized carbons (Fsp3) is 0.320. The van der Waals surface area contributed by atoms with E-state index in [9.17, 15) is 14.4 Å². The molecule has 0 bridgehead atoms. The van der Waals surface area contributed by atoms with E-state index in [1.54, 1.807) is 18.2 Å². The predicted molar refractivity (Wildman–Crippen MR) is 124 cm³/mol. The fourth-order valence-electron chi connectivity index (χ4n) is 3.45. The van der Waals surface area contributed by atoms with E-state index in [2.05, 4.69) is 24.5 Å². The lowest BCUT2D eigenvalue weighted by Gasteiger charge is -2.16. The molecule has 3 rings (SSSR count). The van der Waals surface area contributed by atoms with Crippen LogP contribution in [-0.4, -0.2) is 35.9 Å². The molecule has 2 aromatic rings. The van der Waals surface area contributed by atoms with E-state index in [1.165, 1.54) is 0 Å². The zero-order valence-electron chi connectivity index (χ0n) is 19.1. The van der Waals surface area contributed by atoms with Gasteiger partial charge in [-0.25, -0.2) is 9.69 Å². The number of nitrogens with one attached hydrogen (secondary N) is 2. The molecular formula is C25H29N3O4. The summed E-state index contributed by atoms with van der Waals surface area (Å²) in [6.07, 6.45) is 1.65. The van der Waals surface area contributed by atoms with Crippen molar-refractivity contribution in [3.8, 4) is 5.75 Å². The van der Waals surface area contributed by atoms with Crippen molar-refractivity contribution < 1.29 is 19.1 Å². The summed E-state index contributed by atoms with van der Waals surface area (Å²) in [7, 11) is 0. The van der Waals surface area contributed by atoms with E-state index in [-0.39, 0.29) is 18.2 Å². The molecule has 168 valence electrons. The summed E-state index contributed by atoms with van der Waals surface area (Å²) in [5, 5.41) is 5.28. The molecule has 7 heteroatoms. The van der Waals surface area contributed by atoms with Gasteiger partial charge in [-0.15, -0.1) is 0 Å². The molecular weight excluding hydrogens is 406 g/mol. The number of imide groups is 1. The molecule has 0 radical (unpaired) electrons. The van der Waals surface area contributed by atoms with Crippen molar-refractivity contribution in [2.75, 3.05) is 18.5 Å². The van der Waals surface area contributed by atoms with Crippen molar-refractivity contribution in [1.29, 1.82) is 0 Å². The number of hydrogen-bond donors (Lipinski definition) is 2. The van der Waals surface area contributed by atoms with Gasteiger partial charge in [-0.2, -0.15) is 0 Å². The second-order valence-electron chi connectivity index (χ2n) is 8.13. The summed E-state index contributed by atoms with van der Waals surface area (Å²) in [5.74, 6) is 0.0647. The zero-order valence-corrected chi connectivity index (χ0v) is 19.1. The number of nitrogens with zero attached hydrogens (tertiary/aromatic N) is 1. The SMILES string of the molecule is CCOc1cc(C)c(/C=C2/NC(=O)N(CC(=O)Nc3ccc(C)cc3)C2=O)cc1C(C)C. The Morgan fingerprint density at radius 1 is 1.16 bits per heavy atom. The standard InChI is InChI=1S/C25H29N3O4/c1-6-32-22-11-17(5)18(12-20(22)15(2)3)13-21-24(30)28(25(31)27-21)14-23(29)26-19-9-7-16(4)8-10-19/h7-13,15H,6,14H2,1-5H3,(H,26,29)(H,27,31)/b21-13+. The van der Waals surface area contributed by atoms with Crippen molar-refractivity contribution in [2.24, 2.45) is 0 Å². The molecule has 0 aromatic heterocycles. The second-order valence-corrected chi connectivity index (χ2v) is 8.13. The van der Waals surface area contributed by atoms with Gasteiger partial charge >= 0.3 is 6.03 Å². The van der Waals surface area contributed by atoms with Crippen molar-refractivity contribution in [2.45, 2.75) is 40.5 Å². The van der Waals surface area contributed by atoms with Crippen LogP contribution < -0.4 is 15.4 Å². The van der Waals surface area contributed by atoms with E-state index >= 15 is 0 Å². The summed E-state index contributed by atoms with van der Waals surface area (Å²) in [4.78, 5) is 38.5. The summed E-state index contributed by atoms with van der Waals surface area (Å²) in [5.41, 5.74) is 4.57. The maximum atomic E-state index is 12.8. The van der Waals surface area contributed by atoms with Gasteiger partial charge < -0.3 is 15.4 Å². The number of carbonyl (C=O) groups excluding carboxylic acids is 3. The summed E-state index contributed by atoms with van der Waals surface area (Å²) >= 11 is 0. The van der Waals surface area contributed by atoms with Gasteiger partial charge in [-0.3, -0.25) is 9.59 Å². The zero-order chi connectivity index (χ0) is 23.4. The van der Waals surface area contributed by atoms with Crippen LogP contribution in [0.3, 0.4) is 0 Å². The first-order valence-electron chi connectivity index (χ1n) is 10.7. The van der Waals surface area contributed by atoms with Gasteiger partial charge in [0.25, 0.3) is 5.91 Å². The molecule has 7 nitrogen and oxygen atoms in total. The Morgan fingerprint density at radius 2 is 1.84 bits per heavy atom. The lowest BCUT2D eigenvalue weighted by atomic mass is 9.96. The Morgan fingerprint density at radius 3 is 2.47 bits per heavy atom. The maximum absolute atomic E-state index is 12.8. The molecule has 2 aromatic carbocycles. The number of amides is 4. The van der Waals surface area contributed by atoms with Gasteiger partial charge in [0.1, 0.15) is 18.0 Å². The van der Waals surface area contributed by atoms with E-state index in [4.69, 9.17) is 4.74 Å². The summed E-state index contributed by atoms with van der Waals surface area (Å²) < 4.78 is 5.75. The fourth-order valence-corrected chi connectivity index (χ4v) is 3.45. The van der Waals surface area contributed by atoms with E-state index in [0.29, 0.717) is 12.3 Å². The number of hydrogen-bond acceptors (Lipinski definition) is 4. The van der Waals surface area contributed by atoms with Crippen molar-refractivity contribution in [3.05, 3.63) is 64.3 Å². The van der Waals surface area contributed by atoms with E-state index in [1.807, 2.05) is 45.0 Å². The average molecular weight is 436 g/mol. The Bertz CT molecular complexity index is 1070. The highest BCUT2D eigenvalue weighted by Crippen LogP contribution is 2.31. The van der Waals surface area contributed by atoms with E-state index < -0.39 is 17.8 Å². The quantitative estimate of drug-likeness (QED) is 0.500. The van der Waals surface area contributed by atoms with Gasteiger partial charge in [-0.05, 0) is 73.7 Å². The molecule has 0 unspecified atom stereocenters. The molecule has 0 atom stereocenters. The molecule has 4 amide bonds. The highest BCUT2D eigenvalue weighted by Gasteiger charge is 2.35. The van der Waals surface area contributed by atoms with Crippen LogP contribution >= 0.6 is 0 Å². The van der Waals surface area contributed by atoms with Crippen molar-refractivity contribution in [1.82, 2.24) is 10.2 Å². The number of carbonyl (C=O) groups is 3. The van der Waals surface area contributed by atoms with Crippen LogP contribution in [0.4, 0.5) is 10.5 Å². The minimum absolute atomic E-state index is 0.139. The van der Waals surface area contributed by atoms with Gasteiger partial charge in [0.05, 0.1) is 6.61 Å². The topological polar surface area (TPSA) is 87.7 Å². The van der Waals surface area contributed by atoms with Gasteiger partial charge in [-0.1, -0.05) is 31.5 Å². The molecule has 1 heterocycles. The number of urea groups is 1. The lowest BCUT2D eigenvalue weighted by molar-refractivity contribution is -0.127. The van der Waals surface area contributed by atoms with Crippen LogP contribution in [0.2, 0.25) is 0 Å². The largest absolute Gasteiger partial charge is 0.494 e. The number of aryl methyl sites for hydroxylation is 2. The van der Waals surface area contributed by atoms with Gasteiger partial charge in [0, 0.05) is 5.69 Å². The lowest BCUT2D eigenvalue weighted by Crippen LogP contribution is -2.38. The summed E-state index contributed by atoms with van der Waals surface area (Å²) in [6, 6.07) is 10.6. The Labute approximate surface area is 188 Å². The molecule has 1 aliphatic rings. The molecule has 2 N–H and O–H groups in total. The first kappa shape index (κ1) is 23.1. The first-order chi connectivity index (χ1) is 15.2. The average Bonchev–Trinajstić information content (AvgIpc) is 2.99.